The largest absolute Gasteiger partial charge is 0.333 e. The number of aromatic amines is 1. The average molecular weight is 241 g/mol. The van der Waals surface area contributed by atoms with Crippen molar-refractivity contribution in [3.8, 4) is 0 Å². The quantitative estimate of drug-likeness (QED) is 0.805. The second kappa shape index (κ2) is 4.70. The molecule has 1 saturated carbocycles. The monoisotopic (exact) mass is 240 g/mol. The van der Waals surface area contributed by atoms with E-state index < -0.39 is 0 Å². The van der Waals surface area contributed by atoms with Gasteiger partial charge in [-0.2, -0.15) is 0 Å². The van der Waals surface area contributed by atoms with Crippen LogP contribution < -0.4 is 5.56 Å². The molecule has 0 aromatic carbocycles. The van der Waals surface area contributed by atoms with Crippen LogP contribution >= 0.6 is 11.6 Å². The van der Waals surface area contributed by atoms with Gasteiger partial charge in [0.25, 0.3) is 5.91 Å². The first-order chi connectivity index (χ1) is 7.72. The number of aromatic nitrogens is 1. The van der Waals surface area contributed by atoms with E-state index in [1.165, 1.54) is 6.07 Å². The van der Waals surface area contributed by atoms with Crippen LogP contribution in [0.5, 0.6) is 0 Å². The van der Waals surface area contributed by atoms with Crippen molar-refractivity contribution in [1.29, 1.82) is 0 Å². The van der Waals surface area contributed by atoms with Crippen molar-refractivity contribution >= 4 is 17.5 Å². The highest BCUT2D eigenvalue weighted by Gasteiger charge is 2.32. The normalized spacial score (nSPS) is 14.8. The molecule has 1 N–H and O–H groups in total. The fourth-order valence-corrected chi connectivity index (χ4v) is 1.84. The lowest BCUT2D eigenvalue weighted by Gasteiger charge is -2.20. The summed E-state index contributed by atoms with van der Waals surface area (Å²) >= 11 is 5.67. The molecule has 0 atom stereocenters. The zero-order valence-corrected chi connectivity index (χ0v) is 9.54. The summed E-state index contributed by atoms with van der Waals surface area (Å²) in [6.45, 7) is 0.530. The van der Waals surface area contributed by atoms with E-state index in [1.807, 2.05) is 0 Å². The molecule has 86 valence electrons. The van der Waals surface area contributed by atoms with Crippen LogP contribution in [0.3, 0.4) is 0 Å². The Morgan fingerprint density at radius 1 is 1.50 bits per heavy atom. The molecule has 0 bridgehead atoms. The van der Waals surface area contributed by atoms with Crippen molar-refractivity contribution in [3.05, 3.63) is 34.2 Å². The molecule has 0 radical (unpaired) electrons. The summed E-state index contributed by atoms with van der Waals surface area (Å²) in [5.74, 6) is 0.278. The van der Waals surface area contributed by atoms with Crippen LogP contribution in [0, 0.1) is 0 Å². The highest BCUT2D eigenvalue weighted by atomic mass is 35.5. The summed E-state index contributed by atoms with van der Waals surface area (Å²) in [6, 6.07) is 4.89. The van der Waals surface area contributed by atoms with Crippen LogP contribution in [0.1, 0.15) is 23.3 Å². The summed E-state index contributed by atoms with van der Waals surface area (Å²) < 4.78 is 0. The number of halogens is 1. The van der Waals surface area contributed by atoms with Gasteiger partial charge in [-0.05, 0) is 18.9 Å². The van der Waals surface area contributed by atoms with E-state index in [1.54, 1.807) is 17.0 Å². The smallest absolute Gasteiger partial charge is 0.270 e. The minimum atomic E-state index is -0.257. The number of amides is 1. The molecular formula is C11H13ClN2O2. The Kier molecular flexibility index (Phi) is 3.29. The predicted octanol–water partition coefficient (Wildman–Crippen LogP) is 1.22. The molecule has 2 rings (SSSR count). The Bertz CT molecular complexity index is 440. The van der Waals surface area contributed by atoms with E-state index in [4.69, 9.17) is 11.6 Å². The highest BCUT2D eigenvalue weighted by Crippen LogP contribution is 2.27. The zero-order valence-electron chi connectivity index (χ0n) is 8.78. The third-order valence-corrected chi connectivity index (χ3v) is 2.74. The van der Waals surface area contributed by atoms with Crippen molar-refractivity contribution in [1.82, 2.24) is 9.88 Å². The fraction of sp³-hybridized carbons (Fsp3) is 0.455. The van der Waals surface area contributed by atoms with Gasteiger partial charge in [0.2, 0.25) is 5.56 Å². The van der Waals surface area contributed by atoms with E-state index in [0.29, 0.717) is 24.2 Å². The number of nitrogens with one attached hydrogen (secondary N) is 1. The lowest BCUT2D eigenvalue weighted by Crippen LogP contribution is -2.36. The average Bonchev–Trinajstić information content (AvgIpc) is 3.09. The van der Waals surface area contributed by atoms with Crippen molar-refractivity contribution in [2.24, 2.45) is 0 Å². The number of pyridine rings is 1. The van der Waals surface area contributed by atoms with E-state index in [0.717, 1.165) is 12.8 Å². The van der Waals surface area contributed by atoms with Crippen LogP contribution in [-0.2, 0) is 0 Å². The first-order valence-electron chi connectivity index (χ1n) is 5.28. The van der Waals surface area contributed by atoms with Gasteiger partial charge in [0.1, 0.15) is 5.69 Å². The number of rotatable bonds is 4. The topological polar surface area (TPSA) is 53.2 Å². The Morgan fingerprint density at radius 2 is 2.25 bits per heavy atom. The Hall–Kier alpha value is -1.29. The molecule has 16 heavy (non-hydrogen) atoms. The van der Waals surface area contributed by atoms with Crippen molar-refractivity contribution in [2.75, 3.05) is 12.4 Å². The SMILES string of the molecule is O=C(c1cccc(=O)[nH]1)N(CCCl)C1CC1. The van der Waals surface area contributed by atoms with Gasteiger partial charge in [0, 0.05) is 24.5 Å². The van der Waals surface area contributed by atoms with Gasteiger partial charge in [-0.1, -0.05) is 6.07 Å². The molecule has 1 fully saturated rings. The van der Waals surface area contributed by atoms with Crippen molar-refractivity contribution in [2.45, 2.75) is 18.9 Å². The molecule has 5 heteroatoms. The number of carbonyl (C=O) groups is 1. The maximum absolute atomic E-state index is 12.1. The maximum atomic E-state index is 12.1. The van der Waals surface area contributed by atoms with Crippen molar-refractivity contribution < 1.29 is 4.79 Å². The molecule has 1 aromatic heterocycles. The van der Waals surface area contributed by atoms with Gasteiger partial charge < -0.3 is 9.88 Å². The number of carbonyl (C=O) groups excluding carboxylic acids is 1. The second-order valence-electron chi connectivity index (χ2n) is 3.85. The van der Waals surface area contributed by atoms with Gasteiger partial charge in [-0.3, -0.25) is 9.59 Å². The standard InChI is InChI=1S/C11H13ClN2O2/c12-6-7-14(8-4-5-8)11(16)9-2-1-3-10(15)13-9/h1-3,8H,4-7H2,(H,13,15). The third-order valence-electron chi connectivity index (χ3n) is 2.57. The van der Waals surface area contributed by atoms with E-state index in [2.05, 4.69) is 4.98 Å². The summed E-state index contributed by atoms with van der Waals surface area (Å²) in [5, 5.41) is 0. The summed E-state index contributed by atoms with van der Waals surface area (Å²) in [4.78, 5) is 27.4. The predicted molar refractivity (Wildman–Crippen MR) is 61.8 cm³/mol. The minimum absolute atomic E-state index is 0.138. The van der Waals surface area contributed by atoms with Crippen LogP contribution in [0.2, 0.25) is 0 Å². The number of hydrogen-bond donors (Lipinski definition) is 1. The first kappa shape index (κ1) is 11.2. The summed E-state index contributed by atoms with van der Waals surface area (Å²) in [5.41, 5.74) is 0.0805. The summed E-state index contributed by atoms with van der Waals surface area (Å²) in [6.07, 6.45) is 2.05. The lowest BCUT2D eigenvalue weighted by molar-refractivity contribution is 0.0747. The minimum Gasteiger partial charge on any atom is -0.333 e. The molecule has 0 aliphatic heterocycles. The van der Waals surface area contributed by atoms with Gasteiger partial charge in [-0.25, -0.2) is 0 Å². The second-order valence-corrected chi connectivity index (χ2v) is 4.23. The van der Waals surface area contributed by atoms with Gasteiger partial charge >= 0.3 is 0 Å². The van der Waals surface area contributed by atoms with Crippen LogP contribution in [0.25, 0.3) is 0 Å². The molecule has 0 spiro atoms. The Morgan fingerprint density at radius 3 is 2.81 bits per heavy atom. The molecule has 1 heterocycles. The van der Waals surface area contributed by atoms with E-state index in [-0.39, 0.29) is 11.5 Å². The molecule has 0 saturated heterocycles. The van der Waals surface area contributed by atoms with Gasteiger partial charge in [-0.15, -0.1) is 11.6 Å². The number of nitrogens with zero attached hydrogens (tertiary/aromatic N) is 1. The lowest BCUT2D eigenvalue weighted by atomic mass is 10.3. The van der Waals surface area contributed by atoms with Crippen LogP contribution in [0.15, 0.2) is 23.0 Å². The molecular weight excluding hydrogens is 228 g/mol. The highest BCUT2D eigenvalue weighted by molar-refractivity contribution is 6.18. The van der Waals surface area contributed by atoms with E-state index in [9.17, 15) is 9.59 Å². The number of H-pyrrole nitrogens is 1. The Labute approximate surface area is 98.2 Å². The van der Waals surface area contributed by atoms with Crippen LogP contribution in [-0.4, -0.2) is 34.3 Å². The number of hydrogen-bond acceptors (Lipinski definition) is 2. The zero-order chi connectivity index (χ0) is 11.5. The molecule has 1 amide bonds. The third kappa shape index (κ3) is 2.44. The van der Waals surface area contributed by atoms with Crippen LogP contribution in [0.4, 0.5) is 0 Å². The van der Waals surface area contributed by atoms with Gasteiger partial charge in [0.15, 0.2) is 0 Å². The van der Waals surface area contributed by atoms with E-state index >= 15 is 0 Å². The molecule has 1 aliphatic rings. The maximum Gasteiger partial charge on any atom is 0.270 e. The Balaban J connectivity index is 2.18. The number of alkyl halides is 1. The molecule has 1 aliphatic carbocycles. The first-order valence-corrected chi connectivity index (χ1v) is 5.82. The molecule has 4 nitrogen and oxygen atoms in total. The molecule has 0 unspecified atom stereocenters. The molecule has 1 aromatic rings. The van der Waals surface area contributed by atoms with Crippen molar-refractivity contribution in [3.63, 3.8) is 0 Å². The fourth-order valence-electron chi connectivity index (χ4n) is 1.65. The summed E-state index contributed by atoms with van der Waals surface area (Å²) in [7, 11) is 0. The van der Waals surface area contributed by atoms with Gasteiger partial charge in [0.05, 0.1) is 0 Å².